The zero-order chi connectivity index (χ0) is 29.2. The number of fused-ring (bicyclic) bond motifs is 1. The molecule has 8 heteroatoms. The molecule has 0 radical (unpaired) electrons. The Bertz CT molecular complexity index is 1220. The molecule has 2 aromatic rings. The van der Waals surface area contributed by atoms with Gasteiger partial charge in [0, 0.05) is 11.5 Å². The predicted octanol–water partition coefficient (Wildman–Crippen LogP) is 7.87. The van der Waals surface area contributed by atoms with E-state index in [1.807, 2.05) is 70.2 Å². The van der Waals surface area contributed by atoms with Crippen LogP contribution in [0.15, 0.2) is 36.4 Å². The highest BCUT2D eigenvalue weighted by molar-refractivity contribution is 6.74. The zero-order valence-corrected chi connectivity index (χ0v) is 26.1. The monoisotopic (exact) mass is 554 g/mol. The number of aliphatic carboxylic acids is 1. The second-order valence-electron chi connectivity index (χ2n) is 13.4. The molecule has 2 N–H and O–H groups in total. The summed E-state index contributed by atoms with van der Waals surface area (Å²) in [6, 6.07) is 9.45. The molecule has 0 spiro atoms. The lowest BCUT2D eigenvalue weighted by Gasteiger charge is -2.42. The molecule has 0 aliphatic heterocycles. The van der Waals surface area contributed by atoms with Gasteiger partial charge in [-0.25, -0.2) is 4.79 Å². The van der Waals surface area contributed by atoms with E-state index in [0.29, 0.717) is 12.8 Å². The number of aromatic nitrogens is 1. The second-order valence-corrected chi connectivity index (χ2v) is 18.2. The lowest BCUT2D eigenvalue weighted by molar-refractivity contribution is -0.148. The number of hydrogen-bond donors (Lipinski definition) is 2. The molecule has 1 aliphatic rings. The van der Waals surface area contributed by atoms with E-state index in [2.05, 4.69) is 39.2 Å². The Hall–Kier alpha value is -2.71. The van der Waals surface area contributed by atoms with Crippen LogP contribution in [0, 0.1) is 5.41 Å². The lowest BCUT2D eigenvalue weighted by atomic mass is 9.73. The van der Waals surface area contributed by atoms with E-state index in [4.69, 9.17) is 14.1 Å². The number of alkyl carbamates (subject to hydrolysis) is 1. The molecule has 39 heavy (non-hydrogen) atoms. The number of benzene rings is 1. The van der Waals surface area contributed by atoms with Crippen molar-refractivity contribution in [2.24, 2.45) is 5.41 Å². The number of hydrogen-bond acceptors (Lipinski definition) is 5. The van der Waals surface area contributed by atoms with Gasteiger partial charge in [0.05, 0.1) is 22.7 Å². The quantitative estimate of drug-likeness (QED) is 0.338. The number of pyridine rings is 1. The molecule has 1 saturated carbocycles. The number of carboxylic acids is 1. The van der Waals surface area contributed by atoms with Gasteiger partial charge in [-0.1, -0.05) is 51.1 Å². The number of carboxylic acid groups (broad SMARTS) is 1. The highest BCUT2D eigenvalue weighted by Gasteiger charge is 2.44. The maximum atomic E-state index is 12.4. The molecular formula is C31H46N2O5Si. The van der Waals surface area contributed by atoms with Crippen LogP contribution in [-0.4, -0.2) is 42.2 Å². The Morgan fingerprint density at radius 3 is 2.28 bits per heavy atom. The van der Waals surface area contributed by atoms with Crippen molar-refractivity contribution in [3.8, 4) is 0 Å². The summed E-state index contributed by atoms with van der Waals surface area (Å²) in [6.07, 6.45) is 5.99. The van der Waals surface area contributed by atoms with Crippen LogP contribution in [0.5, 0.6) is 0 Å². The summed E-state index contributed by atoms with van der Waals surface area (Å²) in [5, 5.41) is 14.1. The smallest absolute Gasteiger partial charge is 0.408 e. The van der Waals surface area contributed by atoms with Crippen LogP contribution in [-0.2, 0) is 14.0 Å². The largest absolute Gasteiger partial charge is 0.481 e. The van der Waals surface area contributed by atoms with Gasteiger partial charge in [0.1, 0.15) is 5.60 Å². The van der Waals surface area contributed by atoms with Crippen molar-refractivity contribution in [1.29, 1.82) is 0 Å². The maximum Gasteiger partial charge on any atom is 0.408 e. The number of ether oxygens (including phenoxy) is 1. The number of amides is 1. The predicted molar refractivity (Wildman–Crippen MR) is 159 cm³/mol. The molecule has 1 fully saturated rings. The number of rotatable bonds is 7. The Labute approximate surface area is 234 Å². The molecule has 7 nitrogen and oxygen atoms in total. The summed E-state index contributed by atoms with van der Waals surface area (Å²) >= 11 is 0. The molecular weight excluding hydrogens is 508 g/mol. The minimum Gasteiger partial charge on any atom is -0.481 e. The fourth-order valence-electron chi connectivity index (χ4n) is 4.58. The summed E-state index contributed by atoms with van der Waals surface area (Å²) in [7, 11) is -1.90. The van der Waals surface area contributed by atoms with E-state index in [1.165, 1.54) is 0 Å². The Morgan fingerprint density at radius 1 is 1.10 bits per heavy atom. The highest BCUT2D eigenvalue weighted by Crippen LogP contribution is 2.43. The van der Waals surface area contributed by atoms with Crippen molar-refractivity contribution in [3.05, 3.63) is 47.7 Å². The number of nitrogens with one attached hydrogen (secondary N) is 1. The minimum atomic E-state index is -1.90. The molecule has 214 valence electrons. The van der Waals surface area contributed by atoms with Gasteiger partial charge in [0.2, 0.25) is 0 Å². The third-order valence-corrected chi connectivity index (χ3v) is 12.6. The van der Waals surface area contributed by atoms with Crippen LogP contribution in [0.4, 0.5) is 4.79 Å². The fraction of sp³-hybridized carbons (Fsp3) is 0.581. The average molecular weight is 555 g/mol. The van der Waals surface area contributed by atoms with Crippen LogP contribution in [0.2, 0.25) is 18.1 Å². The third kappa shape index (κ3) is 7.91. The van der Waals surface area contributed by atoms with Crippen molar-refractivity contribution in [1.82, 2.24) is 10.3 Å². The Kier molecular flexibility index (Phi) is 9.02. The van der Waals surface area contributed by atoms with E-state index in [9.17, 15) is 14.7 Å². The highest BCUT2D eigenvalue weighted by atomic mass is 28.4. The molecule has 0 unspecified atom stereocenters. The van der Waals surface area contributed by atoms with Gasteiger partial charge in [-0.2, -0.15) is 0 Å². The molecule has 1 aromatic carbocycles. The van der Waals surface area contributed by atoms with Crippen molar-refractivity contribution >= 4 is 37.4 Å². The summed E-state index contributed by atoms with van der Waals surface area (Å²) < 4.78 is 11.9. The molecule has 1 amide bonds. The van der Waals surface area contributed by atoms with Gasteiger partial charge in [-0.15, -0.1) is 0 Å². The van der Waals surface area contributed by atoms with Crippen LogP contribution < -0.4 is 5.32 Å². The van der Waals surface area contributed by atoms with E-state index >= 15 is 0 Å². The van der Waals surface area contributed by atoms with Gasteiger partial charge in [0.25, 0.3) is 0 Å². The first-order valence-corrected chi connectivity index (χ1v) is 16.8. The van der Waals surface area contributed by atoms with Crippen molar-refractivity contribution < 1.29 is 23.9 Å². The van der Waals surface area contributed by atoms with Gasteiger partial charge < -0.3 is 19.6 Å². The number of nitrogens with zero attached hydrogens (tertiary/aromatic N) is 1. The second kappa shape index (κ2) is 11.4. The summed E-state index contributed by atoms with van der Waals surface area (Å²) in [5.74, 6) is -0.784. The Balaban J connectivity index is 1.74. The van der Waals surface area contributed by atoms with Crippen molar-refractivity contribution in [2.75, 3.05) is 0 Å². The first-order chi connectivity index (χ1) is 17.9. The van der Waals surface area contributed by atoms with Crippen molar-refractivity contribution in [3.63, 3.8) is 0 Å². The first-order valence-electron chi connectivity index (χ1n) is 13.9. The van der Waals surface area contributed by atoms with Gasteiger partial charge >= 0.3 is 12.1 Å². The molecule has 1 atom stereocenters. The van der Waals surface area contributed by atoms with E-state index in [1.54, 1.807) is 0 Å². The van der Waals surface area contributed by atoms with Crippen LogP contribution >= 0.6 is 0 Å². The standard InChI is InChI=1S/C31H46N2O5Si/c1-21(32-28(36)37-29(2,3)4)25-13-12-23-11-10-22(20-26(23)33-25)14-17-31(27(34)35)18-15-24(16-19-31)38-39(8,9)30(5,6)7/h10-14,17,20-21,24H,15-16,18-19H2,1-9H3,(H,32,36)(H,34,35)/t21-,24?,31?/m1/s1. The molecule has 0 saturated heterocycles. The van der Waals surface area contributed by atoms with Gasteiger partial charge in [-0.05, 0) is 89.2 Å². The van der Waals surface area contributed by atoms with E-state index in [-0.39, 0.29) is 17.2 Å². The van der Waals surface area contributed by atoms with E-state index in [0.717, 1.165) is 35.0 Å². The topological polar surface area (TPSA) is 97.8 Å². The summed E-state index contributed by atoms with van der Waals surface area (Å²) in [4.78, 5) is 29.4. The minimum absolute atomic E-state index is 0.117. The summed E-state index contributed by atoms with van der Waals surface area (Å²) in [5.41, 5.74) is 0.912. The number of carbonyl (C=O) groups is 2. The first kappa shape index (κ1) is 30.8. The normalized spacial score (nSPS) is 21.6. The van der Waals surface area contributed by atoms with Crippen LogP contribution in [0.1, 0.15) is 91.4 Å². The average Bonchev–Trinajstić information content (AvgIpc) is 2.81. The Morgan fingerprint density at radius 2 is 1.72 bits per heavy atom. The van der Waals surface area contributed by atoms with Crippen LogP contribution in [0.3, 0.4) is 0 Å². The zero-order valence-electron chi connectivity index (χ0n) is 25.1. The van der Waals surface area contributed by atoms with Gasteiger partial charge in [0.15, 0.2) is 8.32 Å². The third-order valence-electron chi connectivity index (χ3n) is 8.03. The summed E-state index contributed by atoms with van der Waals surface area (Å²) in [6.45, 7) is 18.5. The molecule has 1 aliphatic carbocycles. The van der Waals surface area contributed by atoms with E-state index < -0.39 is 31.4 Å². The van der Waals surface area contributed by atoms with Crippen molar-refractivity contribution in [2.45, 2.75) is 110 Å². The maximum absolute atomic E-state index is 12.4. The lowest BCUT2D eigenvalue weighted by Crippen LogP contribution is -2.46. The fourth-order valence-corrected chi connectivity index (χ4v) is 6.00. The van der Waals surface area contributed by atoms with Crippen LogP contribution in [0.25, 0.3) is 17.0 Å². The molecule has 1 aromatic heterocycles. The molecule has 1 heterocycles. The SMILES string of the molecule is C[C@@H](NC(=O)OC(C)(C)C)c1ccc2ccc(C=CC3(C(=O)O)CCC(O[Si](C)(C)C(C)(C)C)CC3)cc2n1. The number of carbonyl (C=O) groups excluding carboxylic acids is 1. The van der Waals surface area contributed by atoms with Gasteiger partial charge in [-0.3, -0.25) is 9.78 Å². The molecule has 3 rings (SSSR count). The molecule has 0 bridgehead atoms.